The van der Waals surface area contributed by atoms with Gasteiger partial charge in [0.05, 0.1) is 0 Å². The molecule has 0 aromatic rings. The molecule has 0 heterocycles. The van der Waals surface area contributed by atoms with E-state index in [-0.39, 0.29) is 0 Å². The highest BCUT2D eigenvalue weighted by molar-refractivity contribution is 7.87. The second-order valence-electron chi connectivity index (χ2n) is 2.55. The average Bonchev–Trinajstić information content (AvgIpc) is 2.03. The van der Waals surface area contributed by atoms with Crippen LogP contribution in [0.25, 0.3) is 0 Å². The van der Waals surface area contributed by atoms with E-state index in [2.05, 4.69) is 5.32 Å². The predicted octanol–water partition coefficient (Wildman–Crippen LogP) is 1.35. The molecular formula is C6H13F4NO3S. The lowest BCUT2D eigenvalue weighted by molar-refractivity contribution is -0.161. The maximum Gasteiger partial charge on any atom is 0.431 e. The lowest BCUT2D eigenvalue weighted by Gasteiger charge is -2.21. The van der Waals surface area contributed by atoms with Crippen molar-refractivity contribution in [3.63, 3.8) is 0 Å². The molecule has 0 aliphatic rings. The molecule has 0 radical (unpaired) electrons. The van der Waals surface area contributed by atoms with Crippen molar-refractivity contribution in [3.8, 4) is 0 Å². The Labute approximate surface area is 85.4 Å². The number of hydrogen-bond donors (Lipinski definition) is 2. The maximum absolute atomic E-state index is 12.1. The first-order chi connectivity index (χ1) is 6.47. The molecule has 0 aromatic heterocycles. The molecule has 0 saturated carbocycles. The van der Waals surface area contributed by atoms with Gasteiger partial charge < -0.3 is 5.32 Å². The Hall–Kier alpha value is -0.410. The van der Waals surface area contributed by atoms with E-state index in [9.17, 15) is 26.0 Å². The molecule has 0 unspecified atom stereocenters. The standard InChI is InChI=1S/C4H6F4O3S.C2H7N/c1-2-3(5,6)4(7,8)12(9,10)11;1-3-2/h2H2,1H3,(H,9,10,11);3H,1-2H3. The lowest BCUT2D eigenvalue weighted by atomic mass is 10.3. The summed E-state index contributed by atoms with van der Waals surface area (Å²) in [5, 5.41) is -2.67. The van der Waals surface area contributed by atoms with Crippen molar-refractivity contribution in [2.24, 2.45) is 0 Å². The second-order valence-corrected chi connectivity index (χ2v) is 4.01. The van der Waals surface area contributed by atoms with Gasteiger partial charge in [0, 0.05) is 6.42 Å². The summed E-state index contributed by atoms with van der Waals surface area (Å²) in [5.41, 5.74) is 0. The Bertz CT molecular complexity index is 278. The minimum atomic E-state index is -6.06. The van der Waals surface area contributed by atoms with E-state index in [0.29, 0.717) is 6.92 Å². The van der Waals surface area contributed by atoms with E-state index in [4.69, 9.17) is 4.55 Å². The molecule has 94 valence electrons. The summed E-state index contributed by atoms with van der Waals surface area (Å²) in [7, 11) is -2.31. The molecule has 0 aromatic carbocycles. The zero-order valence-electron chi connectivity index (χ0n) is 8.39. The second kappa shape index (κ2) is 5.61. The summed E-state index contributed by atoms with van der Waals surface area (Å²) in [6, 6.07) is 0. The quantitative estimate of drug-likeness (QED) is 0.590. The summed E-state index contributed by atoms with van der Waals surface area (Å²) in [4.78, 5) is 0. The van der Waals surface area contributed by atoms with Gasteiger partial charge in [-0.25, -0.2) is 0 Å². The first kappa shape index (κ1) is 17.0. The van der Waals surface area contributed by atoms with Crippen LogP contribution in [0.15, 0.2) is 0 Å². The van der Waals surface area contributed by atoms with Gasteiger partial charge in [-0.15, -0.1) is 0 Å². The molecule has 0 spiro atoms. The van der Waals surface area contributed by atoms with Crippen LogP contribution in [0.5, 0.6) is 0 Å². The molecule has 0 bridgehead atoms. The molecule has 2 N–H and O–H groups in total. The fourth-order valence-electron chi connectivity index (χ4n) is 0.394. The number of hydrogen-bond acceptors (Lipinski definition) is 3. The molecule has 0 fully saturated rings. The number of nitrogens with one attached hydrogen (secondary N) is 1. The Morgan fingerprint density at radius 3 is 1.53 bits per heavy atom. The number of alkyl halides is 4. The Morgan fingerprint density at radius 2 is 1.47 bits per heavy atom. The van der Waals surface area contributed by atoms with E-state index in [0.717, 1.165) is 0 Å². The third-order valence-electron chi connectivity index (χ3n) is 1.19. The summed E-state index contributed by atoms with van der Waals surface area (Å²) in [6.07, 6.45) is -1.38. The third-order valence-corrected chi connectivity index (χ3v) is 2.14. The molecule has 0 aliphatic carbocycles. The Morgan fingerprint density at radius 1 is 1.20 bits per heavy atom. The van der Waals surface area contributed by atoms with Gasteiger partial charge in [0.15, 0.2) is 0 Å². The van der Waals surface area contributed by atoms with Crippen LogP contribution in [0.1, 0.15) is 13.3 Å². The zero-order valence-corrected chi connectivity index (χ0v) is 9.21. The van der Waals surface area contributed by atoms with Crippen molar-refractivity contribution in [1.82, 2.24) is 5.32 Å². The highest BCUT2D eigenvalue weighted by Gasteiger charge is 2.64. The normalized spacial score (nSPS) is 13.1. The smallest absolute Gasteiger partial charge is 0.323 e. The maximum atomic E-state index is 12.1. The van der Waals surface area contributed by atoms with E-state index >= 15 is 0 Å². The molecule has 4 nitrogen and oxygen atoms in total. The zero-order chi connectivity index (χ0) is 12.9. The van der Waals surface area contributed by atoms with E-state index in [1.54, 1.807) is 0 Å². The first-order valence-corrected chi connectivity index (χ1v) is 5.23. The minimum Gasteiger partial charge on any atom is -0.323 e. The van der Waals surface area contributed by atoms with Gasteiger partial charge in [-0.1, -0.05) is 6.92 Å². The van der Waals surface area contributed by atoms with Crippen molar-refractivity contribution in [2.45, 2.75) is 24.5 Å². The van der Waals surface area contributed by atoms with Crippen LogP contribution in [-0.2, 0) is 10.1 Å². The van der Waals surface area contributed by atoms with E-state index < -0.39 is 27.7 Å². The summed E-state index contributed by atoms with van der Waals surface area (Å²) >= 11 is 0. The van der Waals surface area contributed by atoms with Crippen LogP contribution in [0, 0.1) is 0 Å². The van der Waals surface area contributed by atoms with Crippen LogP contribution in [0.2, 0.25) is 0 Å². The van der Waals surface area contributed by atoms with Crippen molar-refractivity contribution in [2.75, 3.05) is 14.1 Å². The first-order valence-electron chi connectivity index (χ1n) is 3.79. The van der Waals surface area contributed by atoms with Crippen LogP contribution in [0.4, 0.5) is 17.6 Å². The Kier molecular flexibility index (Phi) is 6.36. The largest absolute Gasteiger partial charge is 0.431 e. The van der Waals surface area contributed by atoms with Crippen LogP contribution >= 0.6 is 0 Å². The summed E-state index contributed by atoms with van der Waals surface area (Å²) < 4.78 is 75.8. The molecule has 0 amide bonds. The lowest BCUT2D eigenvalue weighted by Crippen LogP contribution is -2.46. The van der Waals surface area contributed by atoms with Gasteiger partial charge in [-0.2, -0.15) is 26.0 Å². The van der Waals surface area contributed by atoms with Crippen LogP contribution in [-0.4, -0.2) is 38.2 Å². The summed E-state index contributed by atoms with van der Waals surface area (Å²) in [5.74, 6) is -4.75. The monoisotopic (exact) mass is 255 g/mol. The molecule has 0 aliphatic heterocycles. The van der Waals surface area contributed by atoms with Crippen molar-refractivity contribution >= 4 is 10.1 Å². The minimum absolute atomic E-state index is 0.680. The van der Waals surface area contributed by atoms with Gasteiger partial charge in [0.25, 0.3) is 0 Å². The topological polar surface area (TPSA) is 66.4 Å². The fourth-order valence-corrected chi connectivity index (χ4v) is 0.916. The van der Waals surface area contributed by atoms with Gasteiger partial charge in [-0.3, -0.25) is 4.55 Å². The van der Waals surface area contributed by atoms with Crippen molar-refractivity contribution in [1.29, 1.82) is 0 Å². The molecular weight excluding hydrogens is 242 g/mol. The SMILES string of the molecule is CCC(F)(F)C(F)(F)S(=O)(=O)O.CNC. The highest BCUT2D eigenvalue weighted by atomic mass is 32.2. The fraction of sp³-hybridized carbons (Fsp3) is 1.00. The van der Waals surface area contributed by atoms with Crippen LogP contribution in [0.3, 0.4) is 0 Å². The molecule has 9 heteroatoms. The molecule has 0 rings (SSSR count). The van der Waals surface area contributed by atoms with E-state index in [1.165, 1.54) is 0 Å². The van der Waals surface area contributed by atoms with Crippen LogP contribution < -0.4 is 5.32 Å². The van der Waals surface area contributed by atoms with Gasteiger partial charge in [0.1, 0.15) is 0 Å². The van der Waals surface area contributed by atoms with E-state index in [1.807, 2.05) is 14.1 Å². The Balaban J connectivity index is 0. The van der Waals surface area contributed by atoms with Crippen molar-refractivity contribution in [3.05, 3.63) is 0 Å². The molecule has 0 saturated heterocycles. The predicted molar refractivity (Wildman–Crippen MR) is 46.7 cm³/mol. The number of halogens is 4. The van der Waals surface area contributed by atoms with Gasteiger partial charge >= 0.3 is 21.3 Å². The number of rotatable bonds is 3. The average molecular weight is 255 g/mol. The third kappa shape index (κ3) is 4.31. The molecule has 0 atom stereocenters. The van der Waals surface area contributed by atoms with Gasteiger partial charge in [-0.05, 0) is 14.1 Å². The highest BCUT2D eigenvalue weighted by Crippen LogP contribution is 2.40. The van der Waals surface area contributed by atoms with Gasteiger partial charge in [0.2, 0.25) is 0 Å². The summed E-state index contributed by atoms with van der Waals surface area (Å²) in [6.45, 7) is 0.680. The molecule has 15 heavy (non-hydrogen) atoms. The van der Waals surface area contributed by atoms with Crippen molar-refractivity contribution < 1.29 is 30.5 Å².